The lowest BCUT2D eigenvalue weighted by atomic mass is 10.2. The molecule has 0 N–H and O–H groups in total. The molecule has 166 valence electrons. The van der Waals surface area contributed by atoms with E-state index in [4.69, 9.17) is 23.2 Å². The molecular formula is C26H20Cl2N2O2S. The molecule has 0 aliphatic heterocycles. The van der Waals surface area contributed by atoms with Gasteiger partial charge >= 0.3 is 0 Å². The summed E-state index contributed by atoms with van der Waals surface area (Å²) < 4.78 is 28.3. The number of hydrogen-bond donors (Lipinski definition) is 0. The number of aliphatic imine (C=N–C) groups is 1. The fraction of sp³-hybridized carbons (Fsp3) is 0.0385. The summed E-state index contributed by atoms with van der Waals surface area (Å²) in [4.78, 5) is 4.69. The second-order valence-corrected chi connectivity index (χ2v) is 9.96. The number of anilines is 1. The maximum Gasteiger partial charge on any atom is 0.264 e. The molecule has 0 unspecified atom stereocenters. The largest absolute Gasteiger partial charge is 0.264 e. The van der Waals surface area contributed by atoms with Crippen LogP contribution >= 0.6 is 23.2 Å². The predicted molar refractivity (Wildman–Crippen MR) is 136 cm³/mol. The fourth-order valence-electron chi connectivity index (χ4n) is 3.24. The molecule has 0 bridgehead atoms. The van der Waals surface area contributed by atoms with Crippen LogP contribution in [0.2, 0.25) is 10.0 Å². The van der Waals surface area contributed by atoms with Crippen molar-refractivity contribution in [3.05, 3.63) is 124 Å². The Morgan fingerprint density at radius 3 is 2.06 bits per heavy atom. The van der Waals surface area contributed by atoms with Crippen molar-refractivity contribution >= 4 is 50.8 Å². The summed E-state index contributed by atoms with van der Waals surface area (Å²) in [6.45, 7) is 0.209. The minimum Gasteiger partial charge on any atom is -0.262 e. The Kier molecular flexibility index (Phi) is 7.14. The van der Waals surface area contributed by atoms with Crippen LogP contribution in [0.15, 0.2) is 113 Å². The van der Waals surface area contributed by atoms with E-state index in [1.165, 1.54) is 4.31 Å². The van der Waals surface area contributed by atoms with E-state index in [0.29, 0.717) is 21.4 Å². The number of hydrogen-bond acceptors (Lipinski definition) is 3. The fourth-order valence-corrected chi connectivity index (χ4v) is 5.17. The number of sulfonamides is 1. The lowest BCUT2D eigenvalue weighted by Crippen LogP contribution is -2.30. The average Bonchev–Trinajstić information content (AvgIpc) is 2.83. The number of rotatable bonds is 7. The molecular weight excluding hydrogens is 475 g/mol. The molecule has 0 aliphatic carbocycles. The maximum atomic E-state index is 13.5. The zero-order valence-electron chi connectivity index (χ0n) is 17.5. The first-order chi connectivity index (χ1) is 15.9. The van der Waals surface area contributed by atoms with Gasteiger partial charge in [-0.05, 0) is 54.1 Å². The van der Waals surface area contributed by atoms with Gasteiger partial charge in [0.15, 0.2) is 0 Å². The molecule has 0 radical (unpaired) electrons. The molecule has 0 spiro atoms. The molecule has 4 aromatic carbocycles. The summed E-state index contributed by atoms with van der Waals surface area (Å²) in [5.41, 5.74) is 2.84. The molecule has 0 fully saturated rings. The van der Waals surface area contributed by atoms with Crippen LogP contribution in [-0.4, -0.2) is 14.6 Å². The Labute approximate surface area is 203 Å². The van der Waals surface area contributed by atoms with Gasteiger partial charge in [-0.25, -0.2) is 8.42 Å². The van der Waals surface area contributed by atoms with E-state index >= 15 is 0 Å². The smallest absolute Gasteiger partial charge is 0.262 e. The highest BCUT2D eigenvalue weighted by molar-refractivity contribution is 7.92. The first kappa shape index (κ1) is 23.1. The Balaban J connectivity index is 1.65. The monoisotopic (exact) mass is 494 g/mol. The van der Waals surface area contributed by atoms with Crippen LogP contribution in [-0.2, 0) is 16.6 Å². The van der Waals surface area contributed by atoms with E-state index in [9.17, 15) is 8.42 Å². The van der Waals surface area contributed by atoms with Crippen molar-refractivity contribution in [2.24, 2.45) is 4.99 Å². The molecule has 0 aliphatic rings. The Morgan fingerprint density at radius 2 is 1.42 bits per heavy atom. The molecule has 4 rings (SSSR count). The van der Waals surface area contributed by atoms with Crippen molar-refractivity contribution in [2.75, 3.05) is 4.31 Å². The molecule has 33 heavy (non-hydrogen) atoms. The highest BCUT2D eigenvalue weighted by Gasteiger charge is 2.25. The molecule has 0 aromatic heterocycles. The van der Waals surface area contributed by atoms with E-state index in [1.807, 2.05) is 30.3 Å². The third-order valence-electron chi connectivity index (χ3n) is 4.95. The van der Waals surface area contributed by atoms with E-state index in [0.717, 1.165) is 11.1 Å². The summed E-state index contributed by atoms with van der Waals surface area (Å²) >= 11 is 12.1. The molecule has 4 nitrogen and oxygen atoms in total. The Morgan fingerprint density at radius 1 is 0.788 bits per heavy atom. The lowest BCUT2D eigenvalue weighted by Gasteiger charge is -2.25. The van der Waals surface area contributed by atoms with Crippen LogP contribution in [0.4, 0.5) is 11.4 Å². The van der Waals surface area contributed by atoms with E-state index < -0.39 is 10.0 Å². The SMILES string of the molecule is O=S(=O)(c1ccccc1)N(Cc1ccccc1)c1ccc(N=Cc2ccc(Cl)cc2Cl)cc1. The number of benzene rings is 4. The highest BCUT2D eigenvalue weighted by atomic mass is 35.5. The topological polar surface area (TPSA) is 49.7 Å². The van der Waals surface area contributed by atoms with Crippen LogP contribution in [0.3, 0.4) is 0 Å². The van der Waals surface area contributed by atoms with Crippen molar-refractivity contribution in [1.29, 1.82) is 0 Å². The van der Waals surface area contributed by atoms with Crippen molar-refractivity contribution in [2.45, 2.75) is 11.4 Å². The summed E-state index contributed by atoms with van der Waals surface area (Å²) in [5.74, 6) is 0. The third kappa shape index (κ3) is 5.63. The molecule has 0 saturated carbocycles. The van der Waals surface area contributed by atoms with Crippen LogP contribution in [0, 0.1) is 0 Å². The zero-order valence-corrected chi connectivity index (χ0v) is 19.8. The van der Waals surface area contributed by atoms with Crippen LogP contribution < -0.4 is 4.31 Å². The molecule has 0 atom stereocenters. The molecule has 0 heterocycles. The van der Waals surface area contributed by atoms with Crippen molar-refractivity contribution in [3.63, 3.8) is 0 Å². The summed E-state index contributed by atoms with van der Waals surface area (Å²) in [7, 11) is -3.77. The maximum absolute atomic E-state index is 13.5. The highest BCUT2D eigenvalue weighted by Crippen LogP contribution is 2.28. The Hall–Kier alpha value is -3.12. The molecule has 4 aromatic rings. The van der Waals surface area contributed by atoms with Crippen LogP contribution in [0.5, 0.6) is 0 Å². The molecule has 0 saturated heterocycles. The normalized spacial score (nSPS) is 11.6. The molecule has 7 heteroatoms. The summed E-state index contributed by atoms with van der Waals surface area (Å²) in [6.07, 6.45) is 1.65. The first-order valence-electron chi connectivity index (χ1n) is 10.1. The standard InChI is InChI=1S/C26H20Cl2N2O2S/c27-22-12-11-21(26(28)17-22)18-29-23-13-15-24(16-14-23)30(19-20-7-3-1-4-8-20)33(31,32)25-9-5-2-6-10-25/h1-18H,19H2. The number of halogens is 2. The quantitative estimate of drug-likeness (QED) is 0.256. The zero-order chi connectivity index (χ0) is 23.3. The van der Waals surface area contributed by atoms with Gasteiger partial charge in [-0.3, -0.25) is 9.30 Å². The second-order valence-electron chi connectivity index (χ2n) is 7.25. The van der Waals surface area contributed by atoms with Gasteiger partial charge in [-0.15, -0.1) is 0 Å². The third-order valence-corrected chi connectivity index (χ3v) is 7.30. The first-order valence-corrected chi connectivity index (χ1v) is 12.3. The van der Waals surface area contributed by atoms with Gasteiger partial charge in [0.25, 0.3) is 10.0 Å². The summed E-state index contributed by atoms with van der Waals surface area (Å²) in [5, 5.41) is 1.06. The van der Waals surface area contributed by atoms with E-state index in [2.05, 4.69) is 4.99 Å². The predicted octanol–water partition coefficient (Wildman–Crippen LogP) is 7.14. The van der Waals surface area contributed by atoms with Gasteiger partial charge in [-0.2, -0.15) is 0 Å². The van der Waals surface area contributed by atoms with Crippen molar-refractivity contribution < 1.29 is 8.42 Å². The minimum absolute atomic E-state index is 0.209. The van der Waals surface area contributed by atoms with E-state index in [1.54, 1.807) is 79.0 Å². The van der Waals surface area contributed by atoms with E-state index in [-0.39, 0.29) is 11.4 Å². The van der Waals surface area contributed by atoms with Gasteiger partial charge in [-0.1, -0.05) is 77.8 Å². The Bertz CT molecular complexity index is 1360. The average molecular weight is 495 g/mol. The van der Waals surface area contributed by atoms with Crippen molar-refractivity contribution in [3.8, 4) is 0 Å². The van der Waals surface area contributed by atoms with Crippen LogP contribution in [0.25, 0.3) is 0 Å². The molecule has 0 amide bonds. The lowest BCUT2D eigenvalue weighted by molar-refractivity contribution is 0.590. The van der Waals surface area contributed by atoms with Gasteiger partial charge in [0.2, 0.25) is 0 Å². The van der Waals surface area contributed by atoms with Gasteiger partial charge in [0.1, 0.15) is 0 Å². The van der Waals surface area contributed by atoms with Gasteiger partial charge < -0.3 is 0 Å². The number of nitrogens with zero attached hydrogens (tertiary/aromatic N) is 2. The van der Waals surface area contributed by atoms with Gasteiger partial charge in [0.05, 0.1) is 27.8 Å². The van der Waals surface area contributed by atoms with Gasteiger partial charge in [0, 0.05) is 16.8 Å². The van der Waals surface area contributed by atoms with Crippen LogP contribution in [0.1, 0.15) is 11.1 Å². The summed E-state index contributed by atoms with van der Waals surface area (Å²) in [6, 6.07) is 30.1. The minimum atomic E-state index is -3.77. The van der Waals surface area contributed by atoms with Crippen molar-refractivity contribution in [1.82, 2.24) is 0 Å². The second kappa shape index (κ2) is 10.2.